The molecule has 3 amide bonds. The maximum Gasteiger partial charge on any atom is 0.312 e. The summed E-state index contributed by atoms with van der Waals surface area (Å²) in [6.07, 6.45) is 3.70. The fourth-order valence-electron chi connectivity index (χ4n) is 3.11. The molecule has 1 atom stereocenters. The number of nitrogens with two attached hydrogens (primary N) is 1. The topological polar surface area (TPSA) is 84.2 Å². The summed E-state index contributed by atoms with van der Waals surface area (Å²) in [4.78, 5) is 23.8. The van der Waals surface area contributed by atoms with Crippen molar-refractivity contribution in [1.82, 2.24) is 5.32 Å². The fourth-order valence-corrected chi connectivity index (χ4v) is 3.11. The summed E-state index contributed by atoms with van der Waals surface area (Å²) in [6, 6.07) is 14.1. The Balaban J connectivity index is 1.72. The lowest BCUT2D eigenvalue weighted by molar-refractivity contribution is -0.117. The van der Waals surface area contributed by atoms with E-state index in [4.69, 9.17) is 5.73 Å². The molecular weight excluding hydrogens is 302 g/mol. The predicted octanol–water partition coefficient (Wildman–Crippen LogP) is 2.39. The molecule has 2 aromatic carbocycles. The van der Waals surface area contributed by atoms with Gasteiger partial charge >= 0.3 is 6.03 Å². The average molecular weight is 323 g/mol. The summed E-state index contributed by atoms with van der Waals surface area (Å²) in [6.45, 7) is 0. The minimum Gasteiger partial charge on any atom is -0.352 e. The molecular formula is C19H21N3O2. The second-order valence-corrected chi connectivity index (χ2v) is 6.08. The number of rotatable bonds is 5. The number of primary amides is 1. The Hall–Kier alpha value is -2.82. The summed E-state index contributed by atoms with van der Waals surface area (Å²) in [7, 11) is 0. The van der Waals surface area contributed by atoms with Crippen molar-refractivity contribution in [2.75, 3.05) is 5.32 Å². The molecule has 24 heavy (non-hydrogen) atoms. The number of benzene rings is 2. The van der Waals surface area contributed by atoms with Crippen molar-refractivity contribution >= 4 is 17.6 Å². The van der Waals surface area contributed by atoms with Gasteiger partial charge in [-0.2, -0.15) is 0 Å². The standard InChI is InChI=1S/C19H21N3O2/c20-19(24)22-17(11-13-5-2-1-3-6-13)18(23)21-16-10-9-14-7-4-8-15(14)12-16/h1-3,5-6,9-10,12,17H,4,7-8,11H2,(H,21,23)(H3,20,22,24)/t17-/m1/s1. The van der Waals surface area contributed by atoms with Crippen molar-refractivity contribution in [3.63, 3.8) is 0 Å². The first-order chi connectivity index (χ1) is 11.6. The number of hydrogen-bond acceptors (Lipinski definition) is 2. The zero-order chi connectivity index (χ0) is 16.9. The van der Waals surface area contributed by atoms with Crippen LogP contribution in [0.4, 0.5) is 10.5 Å². The summed E-state index contributed by atoms with van der Waals surface area (Å²) < 4.78 is 0. The van der Waals surface area contributed by atoms with Crippen LogP contribution in [0, 0.1) is 0 Å². The lowest BCUT2D eigenvalue weighted by atomic mass is 10.0. The number of carbonyl (C=O) groups excluding carboxylic acids is 2. The summed E-state index contributed by atoms with van der Waals surface area (Å²) in [5.74, 6) is -0.268. The van der Waals surface area contributed by atoms with Gasteiger partial charge in [-0.25, -0.2) is 4.79 Å². The van der Waals surface area contributed by atoms with E-state index in [1.54, 1.807) is 0 Å². The highest BCUT2D eigenvalue weighted by Crippen LogP contribution is 2.25. The Bertz CT molecular complexity index is 744. The van der Waals surface area contributed by atoms with Crippen LogP contribution in [0.3, 0.4) is 0 Å². The third kappa shape index (κ3) is 3.93. The second kappa shape index (κ2) is 7.17. The molecule has 0 unspecified atom stereocenters. The smallest absolute Gasteiger partial charge is 0.312 e. The number of nitrogens with one attached hydrogen (secondary N) is 2. The van der Waals surface area contributed by atoms with Crippen molar-refractivity contribution in [2.24, 2.45) is 5.73 Å². The number of amides is 3. The van der Waals surface area contributed by atoms with Crippen LogP contribution in [0.25, 0.3) is 0 Å². The van der Waals surface area contributed by atoms with Crippen LogP contribution in [0.2, 0.25) is 0 Å². The van der Waals surface area contributed by atoms with Gasteiger partial charge in [-0.3, -0.25) is 4.79 Å². The highest BCUT2D eigenvalue weighted by Gasteiger charge is 2.21. The Morgan fingerprint density at radius 3 is 2.54 bits per heavy atom. The summed E-state index contributed by atoms with van der Waals surface area (Å²) in [5.41, 5.74) is 9.57. The first-order valence-electron chi connectivity index (χ1n) is 8.14. The van der Waals surface area contributed by atoms with Gasteiger partial charge in [0.15, 0.2) is 0 Å². The van der Waals surface area contributed by atoms with Crippen molar-refractivity contribution in [2.45, 2.75) is 31.7 Å². The first kappa shape index (κ1) is 16.1. The van der Waals surface area contributed by atoms with Crippen molar-refractivity contribution in [3.05, 3.63) is 65.2 Å². The van der Waals surface area contributed by atoms with E-state index in [9.17, 15) is 9.59 Å². The van der Waals surface area contributed by atoms with Gasteiger partial charge < -0.3 is 16.4 Å². The van der Waals surface area contributed by atoms with E-state index in [1.165, 1.54) is 11.1 Å². The van der Waals surface area contributed by atoms with Gasteiger partial charge in [0.1, 0.15) is 6.04 Å². The summed E-state index contributed by atoms with van der Waals surface area (Å²) in [5, 5.41) is 5.42. The molecule has 5 nitrogen and oxygen atoms in total. The number of carbonyl (C=O) groups is 2. The first-order valence-corrected chi connectivity index (χ1v) is 8.14. The zero-order valence-electron chi connectivity index (χ0n) is 13.4. The molecule has 0 aliphatic heterocycles. The van der Waals surface area contributed by atoms with Crippen molar-refractivity contribution in [1.29, 1.82) is 0 Å². The van der Waals surface area contributed by atoms with E-state index in [1.807, 2.05) is 42.5 Å². The fraction of sp³-hybridized carbons (Fsp3) is 0.263. The molecule has 0 fully saturated rings. The molecule has 5 heteroatoms. The Kier molecular flexibility index (Phi) is 4.79. The minimum atomic E-state index is -0.710. The number of hydrogen-bond donors (Lipinski definition) is 3. The Labute approximate surface area is 141 Å². The van der Waals surface area contributed by atoms with Crippen LogP contribution in [-0.4, -0.2) is 18.0 Å². The van der Waals surface area contributed by atoms with Crippen molar-refractivity contribution < 1.29 is 9.59 Å². The monoisotopic (exact) mass is 323 g/mol. The van der Waals surface area contributed by atoms with Gasteiger partial charge in [0, 0.05) is 12.1 Å². The second-order valence-electron chi connectivity index (χ2n) is 6.08. The molecule has 124 valence electrons. The van der Waals surface area contributed by atoms with E-state index < -0.39 is 12.1 Å². The molecule has 0 bridgehead atoms. The number of urea groups is 1. The lowest BCUT2D eigenvalue weighted by Gasteiger charge is -2.18. The van der Waals surface area contributed by atoms with Crippen LogP contribution in [0.5, 0.6) is 0 Å². The highest BCUT2D eigenvalue weighted by molar-refractivity contribution is 5.97. The predicted molar refractivity (Wildman–Crippen MR) is 93.7 cm³/mol. The van der Waals surface area contributed by atoms with E-state index >= 15 is 0 Å². The van der Waals surface area contributed by atoms with E-state index in [0.29, 0.717) is 6.42 Å². The highest BCUT2D eigenvalue weighted by atomic mass is 16.2. The molecule has 1 aliphatic carbocycles. The largest absolute Gasteiger partial charge is 0.352 e. The Morgan fingerprint density at radius 2 is 1.79 bits per heavy atom. The van der Waals surface area contributed by atoms with Gasteiger partial charge in [-0.15, -0.1) is 0 Å². The van der Waals surface area contributed by atoms with Gasteiger partial charge in [0.05, 0.1) is 0 Å². The lowest BCUT2D eigenvalue weighted by Crippen LogP contribution is -2.47. The minimum absolute atomic E-state index is 0.268. The third-order valence-corrected chi connectivity index (χ3v) is 4.28. The molecule has 0 spiro atoms. The van der Waals surface area contributed by atoms with E-state index in [0.717, 1.165) is 30.5 Å². The van der Waals surface area contributed by atoms with Gasteiger partial charge in [0.25, 0.3) is 0 Å². The van der Waals surface area contributed by atoms with Crippen LogP contribution < -0.4 is 16.4 Å². The molecule has 0 radical (unpaired) electrons. The maximum atomic E-state index is 12.6. The van der Waals surface area contributed by atoms with Crippen LogP contribution in [-0.2, 0) is 24.1 Å². The third-order valence-electron chi connectivity index (χ3n) is 4.28. The van der Waals surface area contributed by atoms with E-state index in [2.05, 4.69) is 16.7 Å². The molecule has 0 saturated carbocycles. The summed E-state index contributed by atoms with van der Waals surface area (Å²) >= 11 is 0. The Morgan fingerprint density at radius 1 is 1.04 bits per heavy atom. The zero-order valence-corrected chi connectivity index (χ0v) is 13.4. The quantitative estimate of drug-likeness (QED) is 0.789. The van der Waals surface area contributed by atoms with Crippen LogP contribution in [0.15, 0.2) is 48.5 Å². The van der Waals surface area contributed by atoms with Crippen molar-refractivity contribution in [3.8, 4) is 0 Å². The van der Waals surface area contributed by atoms with E-state index in [-0.39, 0.29) is 5.91 Å². The van der Waals surface area contributed by atoms with Crippen LogP contribution >= 0.6 is 0 Å². The van der Waals surface area contributed by atoms with Gasteiger partial charge in [0.2, 0.25) is 5.91 Å². The maximum absolute atomic E-state index is 12.6. The van der Waals surface area contributed by atoms with Gasteiger partial charge in [-0.1, -0.05) is 36.4 Å². The molecule has 2 aromatic rings. The molecule has 4 N–H and O–H groups in total. The average Bonchev–Trinajstić information content (AvgIpc) is 3.02. The SMILES string of the molecule is NC(=O)N[C@H](Cc1ccccc1)C(=O)Nc1ccc2c(c1)CCC2. The molecule has 3 rings (SSSR count). The molecule has 0 saturated heterocycles. The molecule has 0 aromatic heterocycles. The number of aryl methyl sites for hydroxylation is 2. The number of fused-ring (bicyclic) bond motifs is 1. The van der Waals surface area contributed by atoms with Gasteiger partial charge in [-0.05, 0) is 48.1 Å². The number of anilines is 1. The van der Waals surface area contributed by atoms with Crippen LogP contribution in [0.1, 0.15) is 23.1 Å². The molecule has 1 aliphatic rings. The normalized spacial score (nSPS) is 13.8. The molecule has 0 heterocycles.